The van der Waals surface area contributed by atoms with Crippen molar-refractivity contribution < 1.29 is 4.52 Å². The number of rotatable bonds is 6. The third-order valence-electron chi connectivity index (χ3n) is 4.28. The van der Waals surface area contributed by atoms with Crippen molar-refractivity contribution in [3.05, 3.63) is 11.7 Å². The predicted molar refractivity (Wildman–Crippen MR) is 75.9 cm³/mol. The van der Waals surface area contributed by atoms with Gasteiger partial charge < -0.3 is 10.3 Å². The Morgan fingerprint density at radius 1 is 1.21 bits per heavy atom. The second kappa shape index (κ2) is 6.51. The summed E-state index contributed by atoms with van der Waals surface area (Å²) in [4.78, 5) is 4.57. The molecule has 0 radical (unpaired) electrons. The lowest BCUT2D eigenvalue weighted by Crippen LogP contribution is -2.20. The molecule has 0 aromatic carbocycles. The van der Waals surface area contributed by atoms with Crippen LogP contribution in [0.4, 0.5) is 0 Å². The summed E-state index contributed by atoms with van der Waals surface area (Å²) in [6.45, 7) is 5.47. The number of unbranched alkanes of at least 4 members (excludes halogenated alkanes) is 2. The molecule has 19 heavy (non-hydrogen) atoms. The molecule has 1 aliphatic carbocycles. The molecular formula is C15H27N3O. The molecule has 0 aliphatic heterocycles. The Bertz CT molecular complexity index is 376. The Morgan fingerprint density at radius 3 is 2.63 bits per heavy atom. The van der Waals surface area contributed by atoms with Gasteiger partial charge in [0.05, 0.1) is 0 Å². The molecule has 108 valence electrons. The number of nitrogens with two attached hydrogens (primary N) is 1. The molecule has 1 fully saturated rings. The molecular weight excluding hydrogens is 238 g/mol. The van der Waals surface area contributed by atoms with E-state index in [1.165, 1.54) is 25.7 Å². The molecule has 0 saturated heterocycles. The topological polar surface area (TPSA) is 64.9 Å². The van der Waals surface area contributed by atoms with Crippen LogP contribution in [0.1, 0.15) is 76.4 Å². The second-order valence-electron chi connectivity index (χ2n) is 6.58. The Kier molecular flexibility index (Phi) is 4.97. The molecule has 1 aromatic rings. The van der Waals surface area contributed by atoms with Gasteiger partial charge in [-0.1, -0.05) is 25.4 Å². The van der Waals surface area contributed by atoms with Crippen molar-refractivity contribution in [2.45, 2.75) is 71.1 Å². The largest absolute Gasteiger partial charge is 0.339 e. The van der Waals surface area contributed by atoms with Crippen molar-refractivity contribution in [3.63, 3.8) is 0 Å². The van der Waals surface area contributed by atoms with Gasteiger partial charge in [0, 0.05) is 12.3 Å². The zero-order valence-corrected chi connectivity index (χ0v) is 12.3. The lowest BCUT2D eigenvalue weighted by atomic mass is 9.73. The lowest BCUT2D eigenvalue weighted by Gasteiger charge is -2.32. The van der Waals surface area contributed by atoms with Crippen molar-refractivity contribution in [1.29, 1.82) is 0 Å². The van der Waals surface area contributed by atoms with E-state index in [2.05, 4.69) is 24.0 Å². The monoisotopic (exact) mass is 265 g/mol. The smallest absolute Gasteiger partial charge is 0.226 e. The Balaban J connectivity index is 1.80. The lowest BCUT2D eigenvalue weighted by molar-refractivity contribution is 0.218. The first-order valence-electron chi connectivity index (χ1n) is 7.63. The van der Waals surface area contributed by atoms with Gasteiger partial charge in [-0.15, -0.1) is 0 Å². The number of aromatic nitrogens is 2. The number of hydrogen-bond donors (Lipinski definition) is 1. The van der Waals surface area contributed by atoms with Crippen LogP contribution < -0.4 is 5.73 Å². The van der Waals surface area contributed by atoms with Crippen LogP contribution in [0.25, 0.3) is 0 Å². The molecule has 0 atom stereocenters. The van der Waals surface area contributed by atoms with Crippen LogP contribution in [0.2, 0.25) is 0 Å². The van der Waals surface area contributed by atoms with Crippen LogP contribution in [-0.2, 0) is 6.42 Å². The minimum atomic E-state index is 0.491. The summed E-state index contributed by atoms with van der Waals surface area (Å²) in [7, 11) is 0. The molecule has 1 aliphatic rings. The van der Waals surface area contributed by atoms with E-state index in [0.29, 0.717) is 11.3 Å². The molecule has 0 amide bonds. The van der Waals surface area contributed by atoms with Crippen LogP contribution in [0.3, 0.4) is 0 Å². The van der Waals surface area contributed by atoms with E-state index in [1.54, 1.807) is 0 Å². The normalized spacial score (nSPS) is 19.7. The van der Waals surface area contributed by atoms with Crippen molar-refractivity contribution in [1.82, 2.24) is 10.1 Å². The highest BCUT2D eigenvalue weighted by Crippen LogP contribution is 2.41. The third kappa shape index (κ3) is 4.30. The second-order valence-corrected chi connectivity index (χ2v) is 6.58. The molecule has 4 heteroatoms. The highest BCUT2D eigenvalue weighted by molar-refractivity contribution is 4.99. The first kappa shape index (κ1) is 14.5. The molecule has 4 nitrogen and oxygen atoms in total. The highest BCUT2D eigenvalue weighted by Gasteiger charge is 2.29. The van der Waals surface area contributed by atoms with E-state index in [-0.39, 0.29) is 0 Å². The van der Waals surface area contributed by atoms with Gasteiger partial charge in [0.15, 0.2) is 5.82 Å². The van der Waals surface area contributed by atoms with Gasteiger partial charge in [-0.05, 0) is 50.5 Å². The fourth-order valence-corrected chi connectivity index (χ4v) is 2.79. The summed E-state index contributed by atoms with van der Waals surface area (Å²) >= 11 is 0. The predicted octanol–water partition coefficient (Wildman–Crippen LogP) is 3.42. The van der Waals surface area contributed by atoms with Gasteiger partial charge in [0.2, 0.25) is 5.89 Å². The fourth-order valence-electron chi connectivity index (χ4n) is 2.79. The number of hydrogen-bond acceptors (Lipinski definition) is 4. The minimum absolute atomic E-state index is 0.491. The molecule has 2 rings (SSSR count). The van der Waals surface area contributed by atoms with Crippen LogP contribution in [0, 0.1) is 5.41 Å². The summed E-state index contributed by atoms with van der Waals surface area (Å²) in [5.74, 6) is 2.25. The van der Waals surface area contributed by atoms with Crippen molar-refractivity contribution >= 4 is 0 Å². The summed E-state index contributed by atoms with van der Waals surface area (Å²) in [5.41, 5.74) is 5.97. The van der Waals surface area contributed by atoms with E-state index in [9.17, 15) is 0 Å². The van der Waals surface area contributed by atoms with Crippen LogP contribution in [-0.4, -0.2) is 16.7 Å². The molecule has 1 heterocycles. The van der Waals surface area contributed by atoms with Gasteiger partial charge in [-0.2, -0.15) is 4.98 Å². The maximum atomic E-state index is 5.48. The van der Waals surface area contributed by atoms with Crippen molar-refractivity contribution in [2.75, 3.05) is 6.54 Å². The SMILES string of the molecule is CC1(C)CCC(c2noc(CCCCCN)n2)CC1. The van der Waals surface area contributed by atoms with Gasteiger partial charge in [-0.25, -0.2) is 0 Å². The van der Waals surface area contributed by atoms with Gasteiger partial charge >= 0.3 is 0 Å². The van der Waals surface area contributed by atoms with Crippen LogP contribution in [0.5, 0.6) is 0 Å². The third-order valence-corrected chi connectivity index (χ3v) is 4.28. The zero-order chi connectivity index (χ0) is 13.7. The van der Waals surface area contributed by atoms with Gasteiger partial charge in [0.25, 0.3) is 0 Å². The average molecular weight is 265 g/mol. The quantitative estimate of drug-likeness (QED) is 0.800. The average Bonchev–Trinajstić information content (AvgIpc) is 2.83. The summed E-state index contributed by atoms with van der Waals surface area (Å²) < 4.78 is 5.36. The molecule has 1 aromatic heterocycles. The van der Waals surface area contributed by atoms with Crippen molar-refractivity contribution in [3.8, 4) is 0 Å². The molecule has 1 saturated carbocycles. The van der Waals surface area contributed by atoms with E-state index in [0.717, 1.165) is 43.9 Å². The first-order valence-corrected chi connectivity index (χ1v) is 7.63. The molecule has 0 unspecified atom stereocenters. The van der Waals surface area contributed by atoms with Gasteiger partial charge in [-0.3, -0.25) is 0 Å². The van der Waals surface area contributed by atoms with Crippen LogP contribution in [0.15, 0.2) is 4.52 Å². The van der Waals surface area contributed by atoms with E-state index >= 15 is 0 Å². The molecule has 0 spiro atoms. The Hall–Kier alpha value is -0.900. The summed E-state index contributed by atoms with van der Waals surface area (Å²) in [5, 5.41) is 4.18. The van der Waals surface area contributed by atoms with E-state index < -0.39 is 0 Å². The number of aryl methyl sites for hydroxylation is 1. The van der Waals surface area contributed by atoms with E-state index in [1.807, 2.05) is 0 Å². The standard InChI is InChI=1S/C15H27N3O/c1-15(2)9-7-12(8-10-15)14-17-13(19-18-14)6-4-3-5-11-16/h12H,3-11,16H2,1-2H3. The van der Waals surface area contributed by atoms with Gasteiger partial charge in [0.1, 0.15) is 0 Å². The maximum absolute atomic E-state index is 5.48. The highest BCUT2D eigenvalue weighted by atomic mass is 16.5. The maximum Gasteiger partial charge on any atom is 0.226 e. The Morgan fingerprint density at radius 2 is 1.95 bits per heavy atom. The zero-order valence-electron chi connectivity index (χ0n) is 12.3. The Labute approximate surface area is 116 Å². The van der Waals surface area contributed by atoms with Crippen LogP contribution >= 0.6 is 0 Å². The first-order chi connectivity index (χ1) is 9.11. The number of nitrogens with zero attached hydrogens (tertiary/aromatic N) is 2. The van der Waals surface area contributed by atoms with Crippen molar-refractivity contribution in [2.24, 2.45) is 11.1 Å². The van der Waals surface area contributed by atoms with E-state index in [4.69, 9.17) is 10.3 Å². The molecule has 2 N–H and O–H groups in total. The fraction of sp³-hybridized carbons (Fsp3) is 0.867. The summed E-state index contributed by atoms with van der Waals surface area (Å²) in [6, 6.07) is 0. The molecule has 0 bridgehead atoms. The minimum Gasteiger partial charge on any atom is -0.339 e. The summed E-state index contributed by atoms with van der Waals surface area (Å²) in [6.07, 6.45) is 9.13.